The number of nitrogens with one attached hydrogen (secondary N) is 2. The van der Waals surface area contributed by atoms with E-state index in [0.717, 1.165) is 6.07 Å². The van der Waals surface area contributed by atoms with E-state index < -0.39 is 11.9 Å². The molecule has 2 N–H and O–H groups in total. The maximum Gasteiger partial charge on any atom is 0.433 e. The summed E-state index contributed by atoms with van der Waals surface area (Å²) in [6, 6.07) is 5.75. The van der Waals surface area contributed by atoms with Gasteiger partial charge in [-0.1, -0.05) is 0 Å². The van der Waals surface area contributed by atoms with E-state index in [-0.39, 0.29) is 11.8 Å². The van der Waals surface area contributed by atoms with Crippen LogP contribution >= 0.6 is 0 Å². The van der Waals surface area contributed by atoms with Gasteiger partial charge in [0.1, 0.15) is 5.82 Å². The fourth-order valence-electron chi connectivity index (χ4n) is 2.19. The standard InChI is InChI=1S/C17H22F3N5O2/c1-25(2)8-7-21-16-23-14(17(18,19)20)10-15(24-16)22-11-5-6-12(26-3)13(9-11)27-4/h5-6,9-10H,7-8H2,1-4H3,(H2,21,22,23,24). The van der Waals surface area contributed by atoms with Gasteiger partial charge in [0.25, 0.3) is 0 Å². The summed E-state index contributed by atoms with van der Waals surface area (Å²) in [5, 5.41) is 5.65. The van der Waals surface area contributed by atoms with Crippen molar-refractivity contribution >= 4 is 17.5 Å². The lowest BCUT2D eigenvalue weighted by Gasteiger charge is -2.15. The number of benzene rings is 1. The molecule has 0 amide bonds. The molecule has 27 heavy (non-hydrogen) atoms. The number of hydrogen-bond acceptors (Lipinski definition) is 7. The molecule has 2 aromatic rings. The lowest BCUT2D eigenvalue weighted by atomic mass is 10.2. The second-order valence-electron chi connectivity index (χ2n) is 5.88. The molecule has 0 spiro atoms. The average molecular weight is 385 g/mol. The first-order valence-corrected chi connectivity index (χ1v) is 8.07. The Bertz CT molecular complexity index is 769. The molecule has 0 saturated carbocycles. The van der Waals surface area contributed by atoms with E-state index in [9.17, 15) is 13.2 Å². The Balaban J connectivity index is 2.29. The first-order chi connectivity index (χ1) is 12.7. The SMILES string of the molecule is COc1ccc(Nc2cc(C(F)(F)F)nc(NCCN(C)C)n2)cc1OC. The Hall–Kier alpha value is -2.75. The van der Waals surface area contributed by atoms with Gasteiger partial charge in [-0.15, -0.1) is 0 Å². The highest BCUT2D eigenvalue weighted by molar-refractivity contribution is 5.62. The van der Waals surface area contributed by atoms with E-state index >= 15 is 0 Å². The minimum Gasteiger partial charge on any atom is -0.493 e. The van der Waals surface area contributed by atoms with Crippen LogP contribution in [-0.2, 0) is 6.18 Å². The molecule has 0 atom stereocenters. The first-order valence-electron chi connectivity index (χ1n) is 8.07. The Morgan fingerprint density at radius 2 is 1.74 bits per heavy atom. The molecule has 0 fully saturated rings. The molecular weight excluding hydrogens is 363 g/mol. The van der Waals surface area contributed by atoms with Crippen LogP contribution in [-0.4, -0.2) is 56.3 Å². The van der Waals surface area contributed by atoms with Crippen molar-refractivity contribution < 1.29 is 22.6 Å². The third kappa shape index (κ3) is 5.88. The minimum absolute atomic E-state index is 0.0110. The zero-order valence-electron chi connectivity index (χ0n) is 15.5. The summed E-state index contributed by atoms with van der Waals surface area (Å²) in [4.78, 5) is 9.56. The second kappa shape index (κ2) is 8.76. The summed E-state index contributed by atoms with van der Waals surface area (Å²) in [6.45, 7) is 1.03. The van der Waals surface area contributed by atoms with Gasteiger partial charge in [0.2, 0.25) is 5.95 Å². The molecule has 2 rings (SSSR count). The lowest BCUT2D eigenvalue weighted by molar-refractivity contribution is -0.141. The molecule has 1 aromatic heterocycles. The Labute approximate surface area is 155 Å². The van der Waals surface area contributed by atoms with Gasteiger partial charge < -0.3 is 25.0 Å². The van der Waals surface area contributed by atoms with Crippen LogP contribution in [0.1, 0.15) is 5.69 Å². The Morgan fingerprint density at radius 1 is 1.04 bits per heavy atom. The number of methoxy groups -OCH3 is 2. The van der Waals surface area contributed by atoms with Gasteiger partial charge in [0, 0.05) is 30.9 Å². The van der Waals surface area contributed by atoms with Gasteiger partial charge in [-0.2, -0.15) is 18.2 Å². The molecular formula is C17H22F3N5O2. The number of halogens is 3. The minimum atomic E-state index is -4.59. The smallest absolute Gasteiger partial charge is 0.433 e. The van der Waals surface area contributed by atoms with E-state index in [2.05, 4.69) is 20.6 Å². The Kier molecular flexibility index (Phi) is 6.67. The van der Waals surface area contributed by atoms with Crippen LogP contribution in [0, 0.1) is 0 Å². The molecule has 1 aromatic carbocycles. The van der Waals surface area contributed by atoms with Crippen molar-refractivity contribution in [3.05, 3.63) is 30.0 Å². The van der Waals surface area contributed by atoms with Crippen molar-refractivity contribution in [2.45, 2.75) is 6.18 Å². The highest BCUT2D eigenvalue weighted by atomic mass is 19.4. The summed E-state index contributed by atoms with van der Waals surface area (Å²) < 4.78 is 49.8. The maximum atomic E-state index is 13.2. The zero-order chi connectivity index (χ0) is 20.0. The molecule has 0 aliphatic carbocycles. The van der Waals surface area contributed by atoms with Crippen LogP contribution in [0.25, 0.3) is 0 Å². The van der Waals surface area contributed by atoms with Crippen molar-refractivity contribution in [1.29, 1.82) is 0 Å². The number of aromatic nitrogens is 2. The summed E-state index contributed by atoms with van der Waals surface area (Å²) >= 11 is 0. The predicted molar refractivity (Wildman–Crippen MR) is 96.9 cm³/mol. The highest BCUT2D eigenvalue weighted by Crippen LogP contribution is 2.33. The summed E-state index contributed by atoms with van der Waals surface area (Å²) in [5.41, 5.74) is -0.536. The van der Waals surface area contributed by atoms with Crippen LogP contribution in [0.15, 0.2) is 24.3 Å². The number of ether oxygens (including phenoxy) is 2. The van der Waals surface area contributed by atoms with Crippen molar-refractivity contribution in [2.75, 3.05) is 52.0 Å². The normalized spacial score (nSPS) is 11.4. The van der Waals surface area contributed by atoms with E-state index in [1.807, 2.05) is 19.0 Å². The third-order valence-corrected chi connectivity index (χ3v) is 3.51. The molecule has 0 radical (unpaired) electrons. The maximum absolute atomic E-state index is 13.2. The number of nitrogens with zero attached hydrogens (tertiary/aromatic N) is 3. The van der Waals surface area contributed by atoms with Crippen molar-refractivity contribution in [2.24, 2.45) is 0 Å². The topological polar surface area (TPSA) is 71.5 Å². The van der Waals surface area contributed by atoms with E-state index in [1.54, 1.807) is 18.2 Å². The molecule has 0 aliphatic rings. The molecule has 7 nitrogen and oxygen atoms in total. The van der Waals surface area contributed by atoms with Gasteiger partial charge >= 0.3 is 6.18 Å². The summed E-state index contributed by atoms with van der Waals surface area (Å²) in [6.07, 6.45) is -4.59. The Morgan fingerprint density at radius 3 is 2.33 bits per heavy atom. The van der Waals surface area contributed by atoms with Gasteiger partial charge in [0.05, 0.1) is 14.2 Å². The molecule has 0 bridgehead atoms. The van der Waals surface area contributed by atoms with E-state index in [1.165, 1.54) is 14.2 Å². The molecule has 148 valence electrons. The third-order valence-electron chi connectivity index (χ3n) is 3.51. The number of hydrogen-bond donors (Lipinski definition) is 2. The fourth-order valence-corrected chi connectivity index (χ4v) is 2.19. The van der Waals surface area contributed by atoms with Crippen molar-refractivity contribution in [1.82, 2.24) is 14.9 Å². The fraction of sp³-hybridized carbons (Fsp3) is 0.412. The molecule has 1 heterocycles. The van der Waals surface area contributed by atoms with Gasteiger partial charge in [-0.25, -0.2) is 4.98 Å². The quantitative estimate of drug-likeness (QED) is 0.723. The van der Waals surface area contributed by atoms with Crippen LogP contribution in [0.4, 0.5) is 30.6 Å². The molecule has 0 unspecified atom stereocenters. The monoisotopic (exact) mass is 385 g/mol. The highest BCUT2D eigenvalue weighted by Gasteiger charge is 2.33. The average Bonchev–Trinajstić information content (AvgIpc) is 2.60. The van der Waals surface area contributed by atoms with E-state index in [0.29, 0.717) is 30.3 Å². The van der Waals surface area contributed by atoms with Gasteiger partial charge in [-0.05, 0) is 26.2 Å². The lowest BCUT2D eigenvalue weighted by Crippen LogP contribution is -2.22. The summed E-state index contributed by atoms with van der Waals surface area (Å²) in [5.74, 6) is 0.858. The number of rotatable bonds is 8. The van der Waals surface area contributed by atoms with Crippen molar-refractivity contribution in [3.8, 4) is 11.5 Å². The molecule has 0 aliphatic heterocycles. The van der Waals surface area contributed by atoms with Gasteiger partial charge in [0.15, 0.2) is 17.2 Å². The first kappa shape index (κ1) is 20.6. The van der Waals surface area contributed by atoms with Crippen LogP contribution in [0.2, 0.25) is 0 Å². The number of alkyl halides is 3. The number of anilines is 3. The zero-order valence-corrected chi connectivity index (χ0v) is 15.5. The van der Waals surface area contributed by atoms with Crippen LogP contribution < -0.4 is 20.1 Å². The van der Waals surface area contributed by atoms with Crippen LogP contribution in [0.5, 0.6) is 11.5 Å². The second-order valence-corrected chi connectivity index (χ2v) is 5.88. The van der Waals surface area contributed by atoms with Gasteiger partial charge in [-0.3, -0.25) is 0 Å². The molecule has 10 heteroatoms. The summed E-state index contributed by atoms with van der Waals surface area (Å²) in [7, 11) is 6.69. The largest absolute Gasteiger partial charge is 0.493 e. The number of likely N-dealkylation sites (N-methyl/N-ethyl adjacent to an activating group) is 1. The van der Waals surface area contributed by atoms with Crippen molar-refractivity contribution in [3.63, 3.8) is 0 Å². The molecule has 0 saturated heterocycles. The van der Waals surface area contributed by atoms with E-state index in [4.69, 9.17) is 9.47 Å². The predicted octanol–water partition coefficient (Wildman–Crippen LogP) is 3.23. The van der Waals surface area contributed by atoms with Crippen LogP contribution in [0.3, 0.4) is 0 Å².